The second-order valence-corrected chi connectivity index (χ2v) is 6.34. The van der Waals surface area contributed by atoms with Gasteiger partial charge in [-0.1, -0.05) is 12.1 Å². The fraction of sp³-hybridized carbons (Fsp3) is 0.350. The van der Waals surface area contributed by atoms with E-state index in [2.05, 4.69) is 10.2 Å². The van der Waals surface area contributed by atoms with Crippen molar-refractivity contribution in [3.63, 3.8) is 0 Å². The van der Waals surface area contributed by atoms with Crippen molar-refractivity contribution in [3.05, 3.63) is 54.1 Å². The number of hydrogen-bond donors (Lipinski definition) is 1. The molecule has 0 aromatic heterocycles. The van der Waals surface area contributed by atoms with E-state index in [4.69, 9.17) is 4.74 Å². The highest BCUT2D eigenvalue weighted by atomic mass is 19.1. The molecule has 0 aliphatic carbocycles. The fourth-order valence-electron chi connectivity index (χ4n) is 3.13. The molecule has 1 aliphatic heterocycles. The highest BCUT2D eigenvalue weighted by Crippen LogP contribution is 2.28. The van der Waals surface area contributed by atoms with Gasteiger partial charge in [-0.2, -0.15) is 0 Å². The quantitative estimate of drug-likeness (QED) is 0.843. The Morgan fingerprint density at radius 2 is 1.85 bits per heavy atom. The predicted octanol–water partition coefficient (Wildman–Crippen LogP) is 3.12. The van der Waals surface area contributed by atoms with Crippen molar-refractivity contribution >= 4 is 17.3 Å². The second kappa shape index (κ2) is 8.81. The zero-order valence-electron chi connectivity index (χ0n) is 15.3. The van der Waals surface area contributed by atoms with Gasteiger partial charge in [-0.05, 0) is 31.2 Å². The highest BCUT2D eigenvalue weighted by molar-refractivity contribution is 5.92. The Labute approximate surface area is 157 Å². The van der Waals surface area contributed by atoms with Gasteiger partial charge in [0.25, 0.3) is 0 Å². The number of ether oxygens (including phenoxy) is 1. The number of nitrogens with one attached hydrogen (secondary N) is 1. The molecule has 5 nitrogen and oxygen atoms in total. The average molecular weight is 375 g/mol. The Hall–Kier alpha value is -2.67. The third kappa shape index (κ3) is 4.95. The van der Waals surface area contributed by atoms with E-state index in [9.17, 15) is 13.6 Å². The first-order valence-corrected chi connectivity index (χ1v) is 9.01. The number of benzene rings is 2. The molecule has 1 amide bonds. The number of carbonyl (C=O) groups is 1. The number of hydrogen-bond acceptors (Lipinski definition) is 4. The molecule has 0 atom stereocenters. The standard InChI is InChI=1S/C20H23F2N3O2/c1-2-27-19-6-4-3-5-18(19)25-11-9-24(10-12-25)14-20(26)23-17-13-15(21)7-8-16(17)22/h3-8,13H,2,9-12,14H2,1H3,(H,23,26). The lowest BCUT2D eigenvalue weighted by atomic mass is 10.2. The summed E-state index contributed by atoms with van der Waals surface area (Å²) in [5.74, 6) is -0.745. The summed E-state index contributed by atoms with van der Waals surface area (Å²) in [6.45, 7) is 5.59. The van der Waals surface area contributed by atoms with Crippen molar-refractivity contribution < 1.29 is 18.3 Å². The van der Waals surface area contributed by atoms with Crippen LogP contribution in [0.4, 0.5) is 20.2 Å². The zero-order valence-corrected chi connectivity index (χ0v) is 15.3. The summed E-state index contributed by atoms with van der Waals surface area (Å²) in [7, 11) is 0. The number of anilines is 2. The largest absolute Gasteiger partial charge is 0.492 e. The molecule has 1 heterocycles. The van der Waals surface area contributed by atoms with Crippen molar-refractivity contribution in [1.29, 1.82) is 0 Å². The van der Waals surface area contributed by atoms with Crippen LogP contribution < -0.4 is 15.0 Å². The van der Waals surface area contributed by atoms with Crippen LogP contribution in [0.5, 0.6) is 5.75 Å². The van der Waals surface area contributed by atoms with Crippen LogP contribution in [0.25, 0.3) is 0 Å². The van der Waals surface area contributed by atoms with Gasteiger partial charge in [0.15, 0.2) is 0 Å². The maximum absolute atomic E-state index is 13.6. The Balaban J connectivity index is 1.54. The van der Waals surface area contributed by atoms with Gasteiger partial charge < -0.3 is 15.0 Å². The van der Waals surface area contributed by atoms with Gasteiger partial charge in [-0.15, -0.1) is 0 Å². The Kier molecular flexibility index (Phi) is 6.24. The molecule has 2 aromatic carbocycles. The maximum atomic E-state index is 13.6. The molecule has 0 bridgehead atoms. The minimum absolute atomic E-state index is 0.135. The number of halogens is 2. The zero-order chi connectivity index (χ0) is 19.2. The molecule has 2 aromatic rings. The van der Waals surface area contributed by atoms with Crippen molar-refractivity contribution in [1.82, 2.24) is 4.90 Å². The molecule has 1 aliphatic rings. The minimum Gasteiger partial charge on any atom is -0.492 e. The van der Waals surface area contributed by atoms with Crippen LogP contribution in [0.1, 0.15) is 6.92 Å². The van der Waals surface area contributed by atoms with E-state index < -0.39 is 11.6 Å². The topological polar surface area (TPSA) is 44.8 Å². The first kappa shape index (κ1) is 19.1. The summed E-state index contributed by atoms with van der Waals surface area (Å²) in [5, 5.41) is 2.44. The molecule has 1 fully saturated rings. The van der Waals surface area contributed by atoms with E-state index in [0.29, 0.717) is 19.7 Å². The Morgan fingerprint density at radius 3 is 2.59 bits per heavy atom. The molecule has 1 N–H and O–H groups in total. The molecule has 0 spiro atoms. The van der Waals surface area contributed by atoms with Crippen molar-refractivity contribution in [2.75, 3.05) is 49.5 Å². The molecular formula is C20H23F2N3O2. The molecular weight excluding hydrogens is 352 g/mol. The number of piperazine rings is 1. The Morgan fingerprint density at radius 1 is 1.11 bits per heavy atom. The van der Waals surface area contributed by atoms with Gasteiger partial charge in [-0.3, -0.25) is 9.69 Å². The lowest BCUT2D eigenvalue weighted by Gasteiger charge is -2.36. The van der Waals surface area contributed by atoms with Crippen LogP contribution in [-0.4, -0.2) is 50.1 Å². The summed E-state index contributed by atoms with van der Waals surface area (Å²) >= 11 is 0. The van der Waals surface area contributed by atoms with Crippen molar-refractivity contribution in [3.8, 4) is 5.75 Å². The van der Waals surface area contributed by atoms with Crippen molar-refractivity contribution in [2.24, 2.45) is 0 Å². The number of para-hydroxylation sites is 2. The molecule has 27 heavy (non-hydrogen) atoms. The normalized spacial score (nSPS) is 14.9. The molecule has 0 unspecified atom stereocenters. The van der Waals surface area contributed by atoms with Gasteiger partial charge in [-0.25, -0.2) is 8.78 Å². The molecule has 3 rings (SSSR count). The van der Waals surface area contributed by atoms with Gasteiger partial charge >= 0.3 is 0 Å². The minimum atomic E-state index is -0.651. The highest BCUT2D eigenvalue weighted by Gasteiger charge is 2.21. The van der Waals surface area contributed by atoms with Crippen LogP contribution in [0, 0.1) is 11.6 Å². The number of carbonyl (C=O) groups excluding carboxylic acids is 1. The SMILES string of the molecule is CCOc1ccccc1N1CCN(CC(=O)Nc2cc(F)ccc2F)CC1. The molecule has 1 saturated heterocycles. The number of amides is 1. The van der Waals surface area contributed by atoms with E-state index in [0.717, 1.165) is 42.7 Å². The van der Waals surface area contributed by atoms with E-state index in [1.165, 1.54) is 0 Å². The lowest BCUT2D eigenvalue weighted by molar-refractivity contribution is -0.117. The van der Waals surface area contributed by atoms with Gasteiger partial charge in [0, 0.05) is 32.2 Å². The van der Waals surface area contributed by atoms with Crippen LogP contribution in [0.15, 0.2) is 42.5 Å². The molecule has 0 saturated carbocycles. The van der Waals surface area contributed by atoms with E-state index in [1.54, 1.807) is 0 Å². The first-order chi connectivity index (χ1) is 13.1. The second-order valence-electron chi connectivity index (χ2n) is 6.34. The first-order valence-electron chi connectivity index (χ1n) is 9.01. The van der Waals surface area contributed by atoms with E-state index in [1.807, 2.05) is 36.1 Å². The summed E-state index contributed by atoms with van der Waals surface area (Å²) in [6.07, 6.45) is 0. The molecule has 144 valence electrons. The summed E-state index contributed by atoms with van der Waals surface area (Å²) in [6, 6.07) is 10.9. The molecule has 0 radical (unpaired) electrons. The third-order valence-electron chi connectivity index (χ3n) is 4.45. The van der Waals surface area contributed by atoms with E-state index >= 15 is 0 Å². The fourth-order valence-corrected chi connectivity index (χ4v) is 3.13. The van der Waals surface area contributed by atoms with Crippen LogP contribution in [0.2, 0.25) is 0 Å². The van der Waals surface area contributed by atoms with Crippen molar-refractivity contribution in [2.45, 2.75) is 6.92 Å². The Bertz CT molecular complexity index is 793. The molecule has 7 heteroatoms. The van der Waals surface area contributed by atoms with Crippen LogP contribution in [0.3, 0.4) is 0 Å². The van der Waals surface area contributed by atoms with Gasteiger partial charge in [0.05, 0.1) is 24.5 Å². The predicted molar refractivity (Wildman–Crippen MR) is 101 cm³/mol. The summed E-state index contributed by atoms with van der Waals surface area (Å²) in [4.78, 5) is 16.4. The number of rotatable bonds is 6. The van der Waals surface area contributed by atoms with Crippen LogP contribution >= 0.6 is 0 Å². The van der Waals surface area contributed by atoms with Gasteiger partial charge in [0.2, 0.25) is 5.91 Å². The van der Waals surface area contributed by atoms with Gasteiger partial charge in [0.1, 0.15) is 17.4 Å². The smallest absolute Gasteiger partial charge is 0.238 e. The number of nitrogens with zero attached hydrogens (tertiary/aromatic N) is 2. The average Bonchev–Trinajstić information content (AvgIpc) is 2.66. The summed E-state index contributed by atoms with van der Waals surface area (Å²) < 4.78 is 32.5. The summed E-state index contributed by atoms with van der Waals surface area (Å²) in [5.41, 5.74) is 0.912. The van der Waals surface area contributed by atoms with E-state index in [-0.39, 0.29) is 18.1 Å². The lowest BCUT2D eigenvalue weighted by Crippen LogP contribution is -2.48. The third-order valence-corrected chi connectivity index (χ3v) is 4.45. The van der Waals surface area contributed by atoms with Crippen LogP contribution in [-0.2, 0) is 4.79 Å². The maximum Gasteiger partial charge on any atom is 0.238 e. The monoisotopic (exact) mass is 375 g/mol.